The fourth-order valence-electron chi connectivity index (χ4n) is 2.28. The van der Waals surface area contributed by atoms with E-state index in [1.54, 1.807) is 24.4 Å². The Labute approximate surface area is 137 Å². The minimum Gasteiger partial charge on any atom is -0.363 e. The van der Waals surface area contributed by atoms with Gasteiger partial charge < -0.3 is 15.7 Å². The van der Waals surface area contributed by atoms with E-state index in [-0.39, 0.29) is 17.1 Å². The highest BCUT2D eigenvalue weighted by Crippen LogP contribution is 2.22. The number of hydrogen-bond acceptors (Lipinski definition) is 4. The molecule has 0 atom stereocenters. The molecule has 8 nitrogen and oxygen atoms in total. The monoisotopic (exact) mass is 326 g/mol. The van der Waals surface area contributed by atoms with Crippen LogP contribution in [0.25, 0.3) is 11.0 Å². The van der Waals surface area contributed by atoms with Crippen LogP contribution in [-0.2, 0) is 5.41 Å². The first-order chi connectivity index (χ1) is 11.3. The molecule has 0 radical (unpaired) electrons. The van der Waals surface area contributed by atoms with Crippen molar-refractivity contribution in [2.24, 2.45) is 5.73 Å². The van der Waals surface area contributed by atoms with Gasteiger partial charge in [-0.25, -0.2) is 9.97 Å². The van der Waals surface area contributed by atoms with E-state index in [4.69, 9.17) is 5.73 Å². The lowest BCUT2D eigenvalue weighted by atomic mass is 9.93. The van der Waals surface area contributed by atoms with Crippen LogP contribution in [0.15, 0.2) is 24.4 Å². The molecule has 2 amide bonds. The molecule has 3 rings (SSSR count). The van der Waals surface area contributed by atoms with E-state index >= 15 is 0 Å². The zero-order valence-electron chi connectivity index (χ0n) is 13.6. The highest BCUT2D eigenvalue weighted by molar-refractivity contribution is 6.11. The number of carbonyl (C=O) groups excluding carboxylic acids is 2. The lowest BCUT2D eigenvalue weighted by molar-refractivity contribution is 0.0989. The van der Waals surface area contributed by atoms with E-state index in [9.17, 15) is 9.59 Å². The van der Waals surface area contributed by atoms with Gasteiger partial charge in [-0.05, 0) is 12.1 Å². The molecule has 2 aromatic heterocycles. The van der Waals surface area contributed by atoms with E-state index in [0.717, 1.165) is 5.69 Å². The number of anilines is 1. The van der Waals surface area contributed by atoms with E-state index in [0.29, 0.717) is 22.5 Å². The summed E-state index contributed by atoms with van der Waals surface area (Å²) in [6.07, 6.45) is 1.76. The standard InChI is InChI=1S/C16H18N6O2/c1-16(2,3)10-7-18-15(20-10)22-14(24)8-5-4-6-9-11(8)21-13(19-9)12(17)23/h4-7H,1-3H3,(H2,17,23)(H,19,21)(H2,18,20,22,24). The maximum Gasteiger partial charge on any atom is 0.284 e. The van der Waals surface area contributed by atoms with Gasteiger partial charge in [-0.2, -0.15) is 0 Å². The van der Waals surface area contributed by atoms with Gasteiger partial charge in [-0.3, -0.25) is 14.9 Å². The van der Waals surface area contributed by atoms with Crippen LogP contribution in [-0.4, -0.2) is 31.8 Å². The van der Waals surface area contributed by atoms with Crippen molar-refractivity contribution >= 4 is 28.8 Å². The molecule has 0 unspecified atom stereocenters. The molecule has 0 bridgehead atoms. The molecule has 8 heteroatoms. The Bertz CT molecular complexity index is 932. The second-order valence-corrected chi connectivity index (χ2v) is 6.49. The van der Waals surface area contributed by atoms with Crippen molar-refractivity contribution in [1.82, 2.24) is 19.9 Å². The average molecular weight is 326 g/mol. The largest absolute Gasteiger partial charge is 0.363 e. The number of amides is 2. The molecule has 5 N–H and O–H groups in total. The number of fused-ring (bicyclic) bond motifs is 1. The van der Waals surface area contributed by atoms with Gasteiger partial charge in [0.15, 0.2) is 5.82 Å². The van der Waals surface area contributed by atoms with Gasteiger partial charge in [0.1, 0.15) is 5.52 Å². The molecule has 3 aromatic rings. The third kappa shape index (κ3) is 2.85. The second kappa shape index (κ2) is 5.48. The summed E-state index contributed by atoms with van der Waals surface area (Å²) in [6, 6.07) is 5.04. The van der Waals surface area contributed by atoms with E-state index in [1.807, 2.05) is 20.8 Å². The topological polar surface area (TPSA) is 130 Å². The smallest absolute Gasteiger partial charge is 0.284 e. The van der Waals surface area contributed by atoms with Crippen molar-refractivity contribution in [1.29, 1.82) is 0 Å². The Hall–Kier alpha value is -3.16. The lowest BCUT2D eigenvalue weighted by Gasteiger charge is -2.13. The number of rotatable bonds is 3. The lowest BCUT2D eigenvalue weighted by Crippen LogP contribution is -2.15. The van der Waals surface area contributed by atoms with Crippen molar-refractivity contribution < 1.29 is 9.59 Å². The Morgan fingerprint density at radius 1 is 1.21 bits per heavy atom. The van der Waals surface area contributed by atoms with Gasteiger partial charge in [0, 0.05) is 11.6 Å². The molecule has 0 saturated carbocycles. The summed E-state index contributed by atoms with van der Waals surface area (Å²) in [4.78, 5) is 38.0. The highest BCUT2D eigenvalue weighted by atomic mass is 16.2. The van der Waals surface area contributed by atoms with Crippen LogP contribution in [0.1, 0.15) is 47.4 Å². The number of para-hydroxylation sites is 1. The van der Waals surface area contributed by atoms with Gasteiger partial charge in [0.05, 0.1) is 16.8 Å². The number of nitrogens with zero attached hydrogens (tertiary/aromatic N) is 2. The molecule has 0 aliphatic rings. The summed E-state index contributed by atoms with van der Waals surface area (Å²) >= 11 is 0. The fourth-order valence-corrected chi connectivity index (χ4v) is 2.28. The molecular weight excluding hydrogens is 308 g/mol. The maximum absolute atomic E-state index is 12.5. The van der Waals surface area contributed by atoms with Crippen molar-refractivity contribution in [2.45, 2.75) is 26.2 Å². The molecule has 0 aliphatic heterocycles. The second-order valence-electron chi connectivity index (χ2n) is 6.49. The van der Waals surface area contributed by atoms with Crippen LogP contribution >= 0.6 is 0 Å². The number of imidazole rings is 2. The molecule has 0 saturated heterocycles. The normalized spacial score (nSPS) is 11.6. The number of nitrogens with one attached hydrogen (secondary N) is 3. The predicted octanol–water partition coefficient (Wildman–Crippen LogP) is 1.93. The van der Waals surface area contributed by atoms with E-state index in [1.165, 1.54) is 0 Å². The van der Waals surface area contributed by atoms with Gasteiger partial charge >= 0.3 is 0 Å². The first kappa shape index (κ1) is 15.7. The first-order valence-electron chi connectivity index (χ1n) is 7.41. The average Bonchev–Trinajstić information content (AvgIpc) is 3.12. The van der Waals surface area contributed by atoms with Crippen molar-refractivity contribution in [3.8, 4) is 0 Å². The summed E-state index contributed by atoms with van der Waals surface area (Å²) in [6.45, 7) is 6.10. The number of carbonyl (C=O) groups is 2. The fraction of sp³-hybridized carbons (Fsp3) is 0.250. The van der Waals surface area contributed by atoms with Crippen LogP contribution < -0.4 is 11.1 Å². The molecule has 0 spiro atoms. The number of aromatic nitrogens is 4. The molecule has 0 aliphatic carbocycles. The summed E-state index contributed by atoms with van der Waals surface area (Å²) in [5.41, 5.74) is 7.20. The number of aromatic amines is 2. The number of H-pyrrole nitrogens is 2. The third-order valence-electron chi connectivity index (χ3n) is 3.57. The first-order valence-corrected chi connectivity index (χ1v) is 7.41. The van der Waals surface area contributed by atoms with E-state index < -0.39 is 5.91 Å². The van der Waals surface area contributed by atoms with Crippen LogP contribution in [0.3, 0.4) is 0 Å². The van der Waals surface area contributed by atoms with Crippen LogP contribution in [0, 0.1) is 0 Å². The maximum atomic E-state index is 12.5. The SMILES string of the molecule is CC(C)(C)c1c[nH]c(NC(=O)c2cccc3[nH]c(C(N)=O)nc23)n1. The molecule has 1 aromatic carbocycles. The zero-order valence-corrected chi connectivity index (χ0v) is 13.6. The minimum atomic E-state index is -0.682. The number of nitrogens with two attached hydrogens (primary N) is 1. The Kier molecular flexibility index (Phi) is 3.59. The number of hydrogen-bond donors (Lipinski definition) is 4. The number of benzene rings is 1. The molecule has 24 heavy (non-hydrogen) atoms. The van der Waals surface area contributed by atoms with Crippen molar-refractivity contribution in [3.05, 3.63) is 41.5 Å². The Morgan fingerprint density at radius 3 is 2.58 bits per heavy atom. The van der Waals surface area contributed by atoms with Crippen LogP contribution in [0.5, 0.6) is 0 Å². The minimum absolute atomic E-state index is 0.0123. The van der Waals surface area contributed by atoms with Gasteiger partial charge in [-0.15, -0.1) is 0 Å². The quantitative estimate of drug-likeness (QED) is 0.586. The Balaban J connectivity index is 1.91. The number of primary amides is 1. The highest BCUT2D eigenvalue weighted by Gasteiger charge is 2.20. The summed E-state index contributed by atoms with van der Waals surface area (Å²) in [7, 11) is 0. The Morgan fingerprint density at radius 2 is 1.96 bits per heavy atom. The van der Waals surface area contributed by atoms with Crippen molar-refractivity contribution in [3.63, 3.8) is 0 Å². The predicted molar refractivity (Wildman–Crippen MR) is 89.9 cm³/mol. The molecule has 2 heterocycles. The van der Waals surface area contributed by atoms with Gasteiger partial charge in [0.25, 0.3) is 11.8 Å². The van der Waals surface area contributed by atoms with Gasteiger partial charge in [0.2, 0.25) is 5.95 Å². The van der Waals surface area contributed by atoms with Crippen molar-refractivity contribution in [2.75, 3.05) is 5.32 Å². The molecule has 0 fully saturated rings. The summed E-state index contributed by atoms with van der Waals surface area (Å²) in [5, 5.41) is 2.71. The van der Waals surface area contributed by atoms with Gasteiger partial charge in [-0.1, -0.05) is 26.8 Å². The zero-order chi connectivity index (χ0) is 17.5. The van der Waals surface area contributed by atoms with E-state index in [2.05, 4.69) is 25.3 Å². The third-order valence-corrected chi connectivity index (χ3v) is 3.57. The molecular formula is C16H18N6O2. The van der Waals surface area contributed by atoms with Crippen LogP contribution in [0.2, 0.25) is 0 Å². The molecule has 124 valence electrons. The summed E-state index contributed by atoms with van der Waals surface area (Å²) in [5.74, 6) is -0.692. The summed E-state index contributed by atoms with van der Waals surface area (Å²) < 4.78 is 0. The van der Waals surface area contributed by atoms with Crippen LogP contribution in [0.4, 0.5) is 5.95 Å².